The molecule has 144 valence electrons. The zero-order valence-corrected chi connectivity index (χ0v) is 15.9. The molecule has 0 bridgehead atoms. The van der Waals surface area contributed by atoms with Gasteiger partial charge in [-0.1, -0.05) is 18.2 Å². The van der Waals surface area contributed by atoms with E-state index < -0.39 is 0 Å². The van der Waals surface area contributed by atoms with E-state index in [-0.39, 0.29) is 17.4 Å². The van der Waals surface area contributed by atoms with Crippen LogP contribution in [0.4, 0.5) is 11.6 Å². The number of rotatable bonds is 5. The van der Waals surface area contributed by atoms with Crippen LogP contribution < -0.4 is 15.8 Å². The minimum atomic E-state index is -0.309. The predicted octanol–water partition coefficient (Wildman–Crippen LogP) is 2.85. The second kappa shape index (κ2) is 7.44. The third-order valence-corrected chi connectivity index (χ3v) is 4.46. The first-order valence-corrected chi connectivity index (χ1v) is 8.88. The smallest absolute Gasteiger partial charge is 0.215 e. The van der Waals surface area contributed by atoms with E-state index in [1.807, 2.05) is 54.0 Å². The molecule has 0 radical (unpaired) electrons. The minimum Gasteiger partial charge on any atom is -0.481 e. The molecule has 9 heteroatoms. The summed E-state index contributed by atoms with van der Waals surface area (Å²) >= 11 is 0. The van der Waals surface area contributed by atoms with E-state index in [0.29, 0.717) is 23.2 Å². The highest BCUT2D eigenvalue weighted by molar-refractivity contribution is 5.75. The van der Waals surface area contributed by atoms with Gasteiger partial charge in [0.05, 0.1) is 13.2 Å². The number of pyridine rings is 1. The maximum Gasteiger partial charge on any atom is 0.215 e. The number of fused-ring (bicyclic) bond motifs is 1. The first kappa shape index (κ1) is 18.2. The monoisotopic (exact) mass is 386 g/mol. The molecule has 4 aromatic rings. The Bertz CT molecular complexity index is 1210. The Hall–Kier alpha value is -4.19. The van der Waals surface area contributed by atoms with Gasteiger partial charge in [-0.15, -0.1) is 0 Å². The number of hydrogen-bond acceptors (Lipinski definition) is 8. The standard InChI is InChI=1S/C20H18N8O/c1-12(25-18-14(10-21)17(22)23-11-24-18)19-26-15-8-9-16(29-2)27-20(15)28(19)13-6-4-3-5-7-13/h3-9,11-12H,1-2H3,(H3,22,23,24,25). The van der Waals surface area contributed by atoms with E-state index >= 15 is 0 Å². The highest BCUT2D eigenvalue weighted by Gasteiger charge is 2.21. The molecule has 0 saturated carbocycles. The molecule has 0 spiro atoms. The Morgan fingerprint density at radius 2 is 1.93 bits per heavy atom. The molecule has 1 aromatic carbocycles. The largest absolute Gasteiger partial charge is 0.481 e. The summed E-state index contributed by atoms with van der Waals surface area (Å²) in [6.07, 6.45) is 1.32. The Labute approximate surface area is 166 Å². The lowest BCUT2D eigenvalue weighted by Crippen LogP contribution is -2.15. The van der Waals surface area contributed by atoms with E-state index in [1.165, 1.54) is 6.33 Å². The normalized spacial score (nSPS) is 11.8. The number of ether oxygens (including phenoxy) is 1. The van der Waals surface area contributed by atoms with Crippen molar-refractivity contribution in [1.82, 2.24) is 24.5 Å². The molecule has 0 fully saturated rings. The summed E-state index contributed by atoms with van der Waals surface area (Å²) in [4.78, 5) is 17.4. The molecular weight excluding hydrogens is 368 g/mol. The molecule has 3 aromatic heterocycles. The molecule has 3 N–H and O–H groups in total. The van der Waals surface area contributed by atoms with Crippen molar-refractivity contribution in [3.8, 4) is 17.6 Å². The Balaban J connectivity index is 1.85. The lowest BCUT2D eigenvalue weighted by Gasteiger charge is -2.17. The molecule has 4 rings (SSSR count). The summed E-state index contributed by atoms with van der Waals surface area (Å²) in [5, 5.41) is 12.6. The van der Waals surface area contributed by atoms with E-state index in [4.69, 9.17) is 15.5 Å². The van der Waals surface area contributed by atoms with Gasteiger partial charge >= 0.3 is 0 Å². The van der Waals surface area contributed by atoms with E-state index in [2.05, 4.69) is 20.3 Å². The first-order valence-electron chi connectivity index (χ1n) is 8.88. The van der Waals surface area contributed by atoms with Crippen molar-refractivity contribution in [1.29, 1.82) is 5.26 Å². The van der Waals surface area contributed by atoms with Crippen molar-refractivity contribution in [2.45, 2.75) is 13.0 Å². The number of nitrogens with one attached hydrogen (secondary N) is 1. The van der Waals surface area contributed by atoms with E-state index in [1.54, 1.807) is 13.2 Å². The summed E-state index contributed by atoms with van der Waals surface area (Å²) in [5.41, 5.74) is 8.29. The van der Waals surface area contributed by atoms with Gasteiger partial charge in [0.25, 0.3) is 0 Å². The summed E-state index contributed by atoms with van der Waals surface area (Å²) in [6.45, 7) is 1.93. The van der Waals surface area contributed by atoms with Crippen molar-refractivity contribution >= 4 is 22.8 Å². The van der Waals surface area contributed by atoms with Gasteiger partial charge in [-0.3, -0.25) is 4.57 Å². The second-order valence-corrected chi connectivity index (χ2v) is 6.30. The Morgan fingerprint density at radius 1 is 1.14 bits per heavy atom. The second-order valence-electron chi connectivity index (χ2n) is 6.30. The van der Waals surface area contributed by atoms with Crippen molar-refractivity contribution < 1.29 is 4.74 Å². The lowest BCUT2D eigenvalue weighted by atomic mass is 10.2. The van der Waals surface area contributed by atoms with Gasteiger partial charge in [-0.05, 0) is 25.1 Å². The van der Waals surface area contributed by atoms with Crippen LogP contribution in [0.25, 0.3) is 16.9 Å². The van der Waals surface area contributed by atoms with Crippen LogP contribution in [0.1, 0.15) is 24.4 Å². The minimum absolute atomic E-state index is 0.125. The van der Waals surface area contributed by atoms with Crippen LogP contribution in [0.3, 0.4) is 0 Å². The number of nitriles is 1. The summed E-state index contributed by atoms with van der Waals surface area (Å²) in [6, 6.07) is 15.1. The van der Waals surface area contributed by atoms with Crippen LogP contribution >= 0.6 is 0 Å². The molecule has 0 amide bonds. The average molecular weight is 386 g/mol. The molecule has 0 aliphatic rings. The number of aromatic nitrogens is 5. The number of nitrogens with two attached hydrogens (primary N) is 1. The average Bonchev–Trinajstić information content (AvgIpc) is 3.13. The van der Waals surface area contributed by atoms with Crippen LogP contribution in [0.5, 0.6) is 5.88 Å². The number of para-hydroxylation sites is 1. The number of nitrogens with zero attached hydrogens (tertiary/aromatic N) is 6. The van der Waals surface area contributed by atoms with Crippen molar-refractivity contribution in [3.05, 3.63) is 60.2 Å². The molecule has 0 aliphatic carbocycles. The van der Waals surface area contributed by atoms with E-state index in [0.717, 1.165) is 11.2 Å². The fourth-order valence-corrected chi connectivity index (χ4v) is 3.08. The summed E-state index contributed by atoms with van der Waals surface area (Å²) in [7, 11) is 1.57. The fraction of sp³-hybridized carbons (Fsp3) is 0.150. The van der Waals surface area contributed by atoms with Gasteiger partial charge < -0.3 is 15.8 Å². The number of hydrogen-bond donors (Lipinski definition) is 2. The summed E-state index contributed by atoms with van der Waals surface area (Å²) in [5.74, 6) is 1.68. The molecule has 1 unspecified atom stereocenters. The van der Waals surface area contributed by atoms with Crippen LogP contribution in [0.15, 0.2) is 48.8 Å². The van der Waals surface area contributed by atoms with Gasteiger partial charge in [0, 0.05) is 11.8 Å². The predicted molar refractivity (Wildman–Crippen MR) is 109 cm³/mol. The molecule has 9 nitrogen and oxygen atoms in total. The van der Waals surface area contributed by atoms with Crippen LogP contribution in [0.2, 0.25) is 0 Å². The fourth-order valence-electron chi connectivity index (χ4n) is 3.08. The van der Waals surface area contributed by atoms with Crippen molar-refractivity contribution in [2.75, 3.05) is 18.2 Å². The lowest BCUT2D eigenvalue weighted by molar-refractivity contribution is 0.399. The van der Waals surface area contributed by atoms with Crippen molar-refractivity contribution in [3.63, 3.8) is 0 Å². The highest BCUT2D eigenvalue weighted by Crippen LogP contribution is 2.28. The maximum absolute atomic E-state index is 9.39. The molecule has 0 saturated heterocycles. The third-order valence-electron chi connectivity index (χ3n) is 4.46. The van der Waals surface area contributed by atoms with Gasteiger partial charge in [-0.2, -0.15) is 10.2 Å². The van der Waals surface area contributed by atoms with E-state index in [9.17, 15) is 5.26 Å². The molecule has 29 heavy (non-hydrogen) atoms. The molecular formula is C20H18N8O. The zero-order chi connectivity index (χ0) is 20.4. The number of imidazole rings is 1. The van der Waals surface area contributed by atoms with Crippen LogP contribution in [0, 0.1) is 11.3 Å². The third kappa shape index (κ3) is 3.27. The highest BCUT2D eigenvalue weighted by atomic mass is 16.5. The van der Waals surface area contributed by atoms with Gasteiger partial charge in [0.2, 0.25) is 5.88 Å². The SMILES string of the molecule is COc1ccc2nc(C(C)Nc3ncnc(N)c3C#N)n(-c3ccccc3)c2n1. The number of nitrogen functional groups attached to an aromatic ring is 1. The molecule has 0 aliphatic heterocycles. The number of anilines is 2. The quantitative estimate of drug-likeness (QED) is 0.536. The van der Waals surface area contributed by atoms with Gasteiger partial charge in [0.1, 0.15) is 40.9 Å². The maximum atomic E-state index is 9.39. The summed E-state index contributed by atoms with van der Waals surface area (Å²) < 4.78 is 7.24. The Kier molecular flexibility index (Phi) is 4.66. The van der Waals surface area contributed by atoms with Crippen LogP contribution in [-0.4, -0.2) is 31.6 Å². The number of benzene rings is 1. The Morgan fingerprint density at radius 3 is 2.66 bits per heavy atom. The van der Waals surface area contributed by atoms with Gasteiger partial charge in [-0.25, -0.2) is 15.0 Å². The van der Waals surface area contributed by atoms with Crippen molar-refractivity contribution in [2.24, 2.45) is 0 Å². The van der Waals surface area contributed by atoms with Crippen LogP contribution in [-0.2, 0) is 0 Å². The zero-order valence-electron chi connectivity index (χ0n) is 15.9. The molecule has 3 heterocycles. The topological polar surface area (TPSA) is 128 Å². The van der Waals surface area contributed by atoms with Gasteiger partial charge in [0.15, 0.2) is 5.65 Å². The number of methoxy groups -OCH3 is 1. The molecule has 1 atom stereocenters. The first-order chi connectivity index (χ1) is 14.1.